The van der Waals surface area contributed by atoms with Crippen LogP contribution in [0.5, 0.6) is 0 Å². The van der Waals surface area contributed by atoms with Crippen LogP contribution in [0.4, 0.5) is 0 Å². The van der Waals surface area contributed by atoms with E-state index in [0.29, 0.717) is 6.42 Å². The summed E-state index contributed by atoms with van der Waals surface area (Å²) in [5.74, 6) is -1.22. The van der Waals surface area contributed by atoms with Gasteiger partial charge in [-0.2, -0.15) is 0 Å². The average Bonchev–Trinajstić information content (AvgIpc) is 2.35. The molecule has 0 N–H and O–H groups in total. The molecule has 0 aliphatic rings. The molecule has 0 bridgehead atoms. The Kier molecular flexibility index (Phi) is 7.19. The topological polar surface area (TPSA) is 78.9 Å². The van der Waals surface area contributed by atoms with Crippen molar-refractivity contribution in [2.24, 2.45) is 0 Å². The first-order chi connectivity index (χ1) is 8.36. The Labute approximate surface area is 107 Å². The van der Waals surface area contributed by atoms with Crippen LogP contribution in [0, 0.1) is 0 Å². The lowest BCUT2D eigenvalue weighted by molar-refractivity contribution is -0.146. The van der Waals surface area contributed by atoms with Crippen LogP contribution in [-0.4, -0.2) is 44.7 Å². The summed E-state index contributed by atoms with van der Waals surface area (Å²) < 4.78 is 14.2. The Morgan fingerprint density at radius 3 is 2.00 bits per heavy atom. The molecule has 0 spiro atoms. The molecule has 0 rings (SSSR count). The van der Waals surface area contributed by atoms with Crippen LogP contribution >= 0.6 is 0 Å². The standard InChI is InChI=1S/C12H20O6/c1-12(18-4,6-5-10(14)16-2)8-9(13)7-11(15)17-3/h5-8H2,1-4H3. The molecule has 0 aromatic heterocycles. The van der Waals surface area contributed by atoms with Crippen LogP contribution in [0.1, 0.15) is 32.6 Å². The number of methoxy groups -OCH3 is 3. The number of ether oxygens (including phenoxy) is 3. The van der Waals surface area contributed by atoms with E-state index in [2.05, 4.69) is 9.47 Å². The third kappa shape index (κ3) is 6.34. The molecule has 0 aliphatic carbocycles. The summed E-state index contributed by atoms with van der Waals surface area (Å²) in [6.45, 7) is 1.71. The van der Waals surface area contributed by atoms with E-state index in [4.69, 9.17) is 4.74 Å². The number of hydrogen-bond acceptors (Lipinski definition) is 6. The summed E-state index contributed by atoms with van der Waals surface area (Å²) in [5, 5.41) is 0. The average molecular weight is 260 g/mol. The van der Waals surface area contributed by atoms with Gasteiger partial charge in [0.1, 0.15) is 12.2 Å². The molecule has 1 atom stereocenters. The summed E-state index contributed by atoms with van der Waals surface area (Å²) in [6, 6.07) is 0. The third-order valence-corrected chi connectivity index (χ3v) is 2.72. The largest absolute Gasteiger partial charge is 0.469 e. The van der Waals surface area contributed by atoms with Crippen LogP contribution in [0.25, 0.3) is 0 Å². The van der Waals surface area contributed by atoms with Crippen molar-refractivity contribution in [3.05, 3.63) is 0 Å². The van der Waals surface area contributed by atoms with Crippen LogP contribution in [0.2, 0.25) is 0 Å². The van der Waals surface area contributed by atoms with Gasteiger partial charge in [0, 0.05) is 20.0 Å². The van der Waals surface area contributed by atoms with E-state index >= 15 is 0 Å². The first kappa shape index (κ1) is 16.6. The molecule has 6 heteroatoms. The number of ketones is 1. The fourth-order valence-electron chi connectivity index (χ4n) is 1.44. The molecule has 1 unspecified atom stereocenters. The molecule has 0 saturated heterocycles. The van der Waals surface area contributed by atoms with E-state index in [9.17, 15) is 14.4 Å². The Morgan fingerprint density at radius 2 is 1.56 bits per heavy atom. The fraction of sp³-hybridized carbons (Fsp3) is 0.750. The molecular formula is C12H20O6. The van der Waals surface area contributed by atoms with Crippen molar-refractivity contribution in [1.82, 2.24) is 0 Å². The van der Waals surface area contributed by atoms with Gasteiger partial charge in [0.15, 0.2) is 0 Å². The number of Topliss-reactive ketones (excluding diaryl/α,β-unsaturated/α-hetero) is 1. The van der Waals surface area contributed by atoms with Crippen LogP contribution < -0.4 is 0 Å². The minimum atomic E-state index is -0.778. The summed E-state index contributed by atoms with van der Waals surface area (Å²) in [7, 11) is 3.99. The van der Waals surface area contributed by atoms with Crippen LogP contribution in [0.15, 0.2) is 0 Å². The van der Waals surface area contributed by atoms with Crippen molar-refractivity contribution in [3.8, 4) is 0 Å². The second-order valence-electron chi connectivity index (χ2n) is 4.20. The second kappa shape index (κ2) is 7.81. The SMILES string of the molecule is COC(=O)CCC(C)(CC(=O)CC(=O)OC)OC. The molecule has 0 saturated carbocycles. The number of carbonyl (C=O) groups is 3. The molecule has 0 aromatic rings. The van der Waals surface area contributed by atoms with E-state index in [1.54, 1.807) is 6.92 Å². The lowest BCUT2D eigenvalue weighted by atomic mass is 9.92. The predicted octanol–water partition coefficient (Wildman–Crippen LogP) is 0.867. The summed E-state index contributed by atoms with van der Waals surface area (Å²) in [5.41, 5.74) is -0.778. The van der Waals surface area contributed by atoms with Crippen LogP contribution in [0.3, 0.4) is 0 Å². The number of hydrogen-bond donors (Lipinski definition) is 0. The predicted molar refractivity (Wildman–Crippen MR) is 62.9 cm³/mol. The Bertz CT molecular complexity index is 312. The maximum atomic E-state index is 11.6. The van der Waals surface area contributed by atoms with Gasteiger partial charge in [-0.3, -0.25) is 14.4 Å². The van der Waals surface area contributed by atoms with E-state index in [1.807, 2.05) is 0 Å². The molecule has 0 amide bonds. The molecule has 6 nitrogen and oxygen atoms in total. The molecule has 0 aromatic carbocycles. The number of carbonyl (C=O) groups excluding carboxylic acids is 3. The maximum absolute atomic E-state index is 11.6. The minimum absolute atomic E-state index is 0.0512. The number of esters is 2. The second-order valence-corrected chi connectivity index (χ2v) is 4.20. The minimum Gasteiger partial charge on any atom is -0.469 e. The summed E-state index contributed by atoms with van der Waals surface area (Å²) >= 11 is 0. The monoisotopic (exact) mass is 260 g/mol. The highest BCUT2D eigenvalue weighted by molar-refractivity contribution is 5.95. The van der Waals surface area contributed by atoms with Gasteiger partial charge in [-0.1, -0.05) is 0 Å². The van der Waals surface area contributed by atoms with Gasteiger partial charge < -0.3 is 14.2 Å². The van der Waals surface area contributed by atoms with Crippen molar-refractivity contribution < 1.29 is 28.6 Å². The van der Waals surface area contributed by atoms with E-state index < -0.39 is 11.6 Å². The molecule has 0 fully saturated rings. The van der Waals surface area contributed by atoms with E-state index in [1.165, 1.54) is 21.3 Å². The van der Waals surface area contributed by atoms with Crippen molar-refractivity contribution in [3.63, 3.8) is 0 Å². The van der Waals surface area contributed by atoms with Gasteiger partial charge in [0.2, 0.25) is 0 Å². The zero-order valence-corrected chi connectivity index (χ0v) is 11.3. The van der Waals surface area contributed by atoms with Crippen molar-refractivity contribution in [2.45, 2.75) is 38.2 Å². The summed E-state index contributed by atoms with van der Waals surface area (Å²) in [4.78, 5) is 33.6. The highest BCUT2D eigenvalue weighted by atomic mass is 16.5. The van der Waals surface area contributed by atoms with E-state index in [0.717, 1.165) is 0 Å². The van der Waals surface area contributed by atoms with Gasteiger partial charge in [-0.05, 0) is 13.3 Å². The Balaban J connectivity index is 4.33. The van der Waals surface area contributed by atoms with Crippen molar-refractivity contribution in [1.29, 1.82) is 0 Å². The third-order valence-electron chi connectivity index (χ3n) is 2.72. The van der Waals surface area contributed by atoms with Gasteiger partial charge in [-0.25, -0.2) is 0 Å². The van der Waals surface area contributed by atoms with Gasteiger partial charge in [0.25, 0.3) is 0 Å². The normalized spacial score (nSPS) is 13.6. The van der Waals surface area contributed by atoms with Crippen LogP contribution in [-0.2, 0) is 28.6 Å². The van der Waals surface area contributed by atoms with Crippen molar-refractivity contribution >= 4 is 17.7 Å². The first-order valence-corrected chi connectivity index (χ1v) is 5.57. The molecule has 0 heterocycles. The molecule has 0 aliphatic heterocycles. The van der Waals surface area contributed by atoms with Gasteiger partial charge in [-0.15, -0.1) is 0 Å². The Morgan fingerprint density at radius 1 is 1.00 bits per heavy atom. The lowest BCUT2D eigenvalue weighted by Crippen LogP contribution is -2.32. The molecule has 0 radical (unpaired) electrons. The molecule has 104 valence electrons. The van der Waals surface area contributed by atoms with E-state index in [-0.39, 0.29) is 31.0 Å². The zero-order chi connectivity index (χ0) is 14.2. The van der Waals surface area contributed by atoms with Gasteiger partial charge >= 0.3 is 11.9 Å². The molecular weight excluding hydrogens is 240 g/mol. The van der Waals surface area contributed by atoms with Crippen molar-refractivity contribution in [2.75, 3.05) is 21.3 Å². The molecule has 18 heavy (non-hydrogen) atoms. The first-order valence-electron chi connectivity index (χ1n) is 5.57. The Hall–Kier alpha value is -1.43. The van der Waals surface area contributed by atoms with Gasteiger partial charge in [0.05, 0.1) is 19.8 Å². The highest BCUT2D eigenvalue weighted by Crippen LogP contribution is 2.22. The quantitative estimate of drug-likeness (QED) is 0.476. The fourth-order valence-corrected chi connectivity index (χ4v) is 1.44. The maximum Gasteiger partial charge on any atom is 0.313 e. The zero-order valence-electron chi connectivity index (χ0n) is 11.3. The lowest BCUT2D eigenvalue weighted by Gasteiger charge is -2.26. The summed E-state index contributed by atoms with van der Waals surface area (Å²) in [6.07, 6.45) is 0.276. The number of rotatable bonds is 8. The smallest absolute Gasteiger partial charge is 0.313 e. The highest BCUT2D eigenvalue weighted by Gasteiger charge is 2.29.